The molecule has 2 heterocycles. The fraction of sp³-hybridized carbons (Fsp3) is 0.462. The van der Waals surface area contributed by atoms with Gasteiger partial charge in [0.1, 0.15) is 17.5 Å². The summed E-state index contributed by atoms with van der Waals surface area (Å²) in [5, 5.41) is 7.46. The number of nitrogen functional groups attached to an aromatic ring is 1. The van der Waals surface area contributed by atoms with Gasteiger partial charge in [0.2, 0.25) is 0 Å². The normalized spacial score (nSPS) is 10.7. The first-order valence-corrected chi connectivity index (χ1v) is 6.44. The molecule has 102 valence electrons. The van der Waals surface area contributed by atoms with Crippen molar-refractivity contribution in [3.8, 4) is 0 Å². The van der Waals surface area contributed by atoms with Gasteiger partial charge in [-0.05, 0) is 18.9 Å². The van der Waals surface area contributed by atoms with Crippen molar-refractivity contribution in [2.24, 2.45) is 7.05 Å². The molecule has 0 radical (unpaired) electrons. The van der Waals surface area contributed by atoms with Gasteiger partial charge in [0.25, 0.3) is 0 Å². The van der Waals surface area contributed by atoms with E-state index in [4.69, 9.17) is 5.73 Å². The minimum atomic E-state index is 0.552. The largest absolute Gasteiger partial charge is 0.383 e. The summed E-state index contributed by atoms with van der Waals surface area (Å²) in [6.45, 7) is 4.75. The molecule has 6 heteroatoms. The Hall–Kier alpha value is -2.11. The molecular weight excluding hydrogens is 240 g/mol. The van der Waals surface area contributed by atoms with E-state index in [0.717, 1.165) is 36.6 Å². The standard InChI is InChI=1S/C13H20N6/c1-4-11-17-12(14)9(2)13(18-11)15-6-5-10-7-16-19(3)8-10/h7-8H,4-6H2,1-3H3,(H3,14,15,17,18). The Balaban J connectivity index is 2.01. The molecule has 0 atom stereocenters. The number of aromatic nitrogens is 4. The Bertz CT molecular complexity index is 560. The van der Waals surface area contributed by atoms with Crippen LogP contribution in [0.1, 0.15) is 23.9 Å². The van der Waals surface area contributed by atoms with Crippen molar-refractivity contribution in [1.82, 2.24) is 19.7 Å². The highest BCUT2D eigenvalue weighted by Crippen LogP contribution is 2.17. The Labute approximate surface area is 113 Å². The van der Waals surface area contributed by atoms with E-state index in [9.17, 15) is 0 Å². The second-order valence-corrected chi connectivity index (χ2v) is 4.55. The molecule has 0 spiro atoms. The number of hydrogen-bond donors (Lipinski definition) is 2. The number of nitrogens with zero attached hydrogens (tertiary/aromatic N) is 4. The molecule has 0 aliphatic heterocycles. The maximum Gasteiger partial charge on any atom is 0.134 e. The quantitative estimate of drug-likeness (QED) is 0.847. The van der Waals surface area contributed by atoms with Crippen molar-refractivity contribution in [3.63, 3.8) is 0 Å². The van der Waals surface area contributed by atoms with Crippen LogP contribution in [0.4, 0.5) is 11.6 Å². The molecule has 0 saturated carbocycles. The van der Waals surface area contributed by atoms with Crippen LogP contribution < -0.4 is 11.1 Å². The lowest BCUT2D eigenvalue weighted by Crippen LogP contribution is -2.11. The summed E-state index contributed by atoms with van der Waals surface area (Å²) in [7, 11) is 1.92. The first-order valence-electron chi connectivity index (χ1n) is 6.44. The zero-order valence-electron chi connectivity index (χ0n) is 11.6. The first-order chi connectivity index (χ1) is 9.10. The fourth-order valence-corrected chi connectivity index (χ4v) is 1.84. The van der Waals surface area contributed by atoms with E-state index in [1.165, 1.54) is 5.56 Å². The molecule has 2 rings (SSSR count). The van der Waals surface area contributed by atoms with E-state index in [0.29, 0.717) is 5.82 Å². The molecule has 0 aliphatic rings. The summed E-state index contributed by atoms with van der Waals surface area (Å²) in [5.74, 6) is 2.15. The highest BCUT2D eigenvalue weighted by atomic mass is 15.2. The highest BCUT2D eigenvalue weighted by molar-refractivity contribution is 5.54. The van der Waals surface area contributed by atoms with Crippen LogP contribution in [0.15, 0.2) is 12.4 Å². The molecular formula is C13H20N6. The molecule has 2 aromatic rings. The lowest BCUT2D eigenvalue weighted by molar-refractivity contribution is 0.766. The van der Waals surface area contributed by atoms with E-state index >= 15 is 0 Å². The van der Waals surface area contributed by atoms with Crippen molar-refractivity contribution in [1.29, 1.82) is 0 Å². The van der Waals surface area contributed by atoms with E-state index in [1.54, 1.807) is 4.68 Å². The summed E-state index contributed by atoms with van der Waals surface area (Å²) in [5.41, 5.74) is 7.98. The van der Waals surface area contributed by atoms with Crippen LogP contribution in [0.5, 0.6) is 0 Å². The van der Waals surface area contributed by atoms with Gasteiger partial charge in [-0.15, -0.1) is 0 Å². The summed E-state index contributed by atoms with van der Waals surface area (Å²) in [4.78, 5) is 8.70. The van der Waals surface area contributed by atoms with Crippen LogP contribution in [0.25, 0.3) is 0 Å². The third-order valence-corrected chi connectivity index (χ3v) is 3.01. The average Bonchev–Trinajstić information content (AvgIpc) is 2.80. The van der Waals surface area contributed by atoms with E-state index < -0.39 is 0 Å². The molecule has 0 fully saturated rings. The van der Waals surface area contributed by atoms with E-state index in [2.05, 4.69) is 20.4 Å². The molecule has 0 saturated heterocycles. The van der Waals surface area contributed by atoms with Crippen LogP contribution in [0.3, 0.4) is 0 Å². The van der Waals surface area contributed by atoms with Crippen molar-refractivity contribution in [2.45, 2.75) is 26.7 Å². The van der Waals surface area contributed by atoms with Gasteiger partial charge in [-0.3, -0.25) is 4.68 Å². The summed E-state index contributed by atoms with van der Waals surface area (Å²) in [6.07, 6.45) is 5.57. The second kappa shape index (κ2) is 5.69. The van der Waals surface area contributed by atoms with Crippen LogP contribution in [0, 0.1) is 6.92 Å². The number of nitrogens with two attached hydrogens (primary N) is 1. The minimum absolute atomic E-state index is 0.552. The van der Waals surface area contributed by atoms with Gasteiger partial charge in [-0.25, -0.2) is 9.97 Å². The monoisotopic (exact) mass is 260 g/mol. The fourth-order valence-electron chi connectivity index (χ4n) is 1.84. The smallest absolute Gasteiger partial charge is 0.134 e. The van der Waals surface area contributed by atoms with Crippen LogP contribution in [-0.2, 0) is 19.9 Å². The Morgan fingerprint density at radius 2 is 2.16 bits per heavy atom. The third-order valence-electron chi connectivity index (χ3n) is 3.01. The minimum Gasteiger partial charge on any atom is -0.383 e. The van der Waals surface area contributed by atoms with E-state index in [-0.39, 0.29) is 0 Å². The summed E-state index contributed by atoms with van der Waals surface area (Å²) >= 11 is 0. The summed E-state index contributed by atoms with van der Waals surface area (Å²) in [6, 6.07) is 0. The van der Waals surface area contributed by atoms with Gasteiger partial charge < -0.3 is 11.1 Å². The topological polar surface area (TPSA) is 81.6 Å². The number of hydrogen-bond acceptors (Lipinski definition) is 5. The number of anilines is 2. The molecule has 0 bridgehead atoms. The van der Waals surface area contributed by atoms with Crippen LogP contribution >= 0.6 is 0 Å². The maximum absolute atomic E-state index is 5.88. The Kier molecular flexibility index (Phi) is 3.99. The predicted octanol–water partition coefficient (Wildman–Crippen LogP) is 1.32. The predicted molar refractivity (Wildman–Crippen MR) is 76.0 cm³/mol. The van der Waals surface area contributed by atoms with Gasteiger partial charge in [-0.2, -0.15) is 5.10 Å². The lowest BCUT2D eigenvalue weighted by atomic mass is 10.2. The zero-order chi connectivity index (χ0) is 13.8. The van der Waals surface area contributed by atoms with E-state index in [1.807, 2.05) is 33.3 Å². The van der Waals surface area contributed by atoms with Gasteiger partial charge in [0.05, 0.1) is 6.20 Å². The van der Waals surface area contributed by atoms with Crippen molar-refractivity contribution in [2.75, 3.05) is 17.6 Å². The van der Waals surface area contributed by atoms with Gasteiger partial charge >= 0.3 is 0 Å². The van der Waals surface area contributed by atoms with Crippen molar-refractivity contribution < 1.29 is 0 Å². The molecule has 0 aliphatic carbocycles. The first kappa shape index (κ1) is 13.3. The number of aryl methyl sites for hydroxylation is 2. The average molecular weight is 260 g/mol. The summed E-state index contributed by atoms with van der Waals surface area (Å²) < 4.78 is 1.80. The molecule has 6 nitrogen and oxygen atoms in total. The SMILES string of the molecule is CCc1nc(N)c(C)c(NCCc2cnn(C)c2)n1. The van der Waals surface area contributed by atoms with Crippen LogP contribution in [-0.4, -0.2) is 26.3 Å². The second-order valence-electron chi connectivity index (χ2n) is 4.55. The molecule has 19 heavy (non-hydrogen) atoms. The molecule has 2 aromatic heterocycles. The van der Waals surface area contributed by atoms with Gasteiger partial charge in [0, 0.05) is 31.8 Å². The Morgan fingerprint density at radius 1 is 1.37 bits per heavy atom. The molecule has 0 amide bonds. The van der Waals surface area contributed by atoms with Crippen molar-refractivity contribution in [3.05, 3.63) is 29.3 Å². The van der Waals surface area contributed by atoms with Gasteiger partial charge in [0.15, 0.2) is 0 Å². The third kappa shape index (κ3) is 3.21. The zero-order valence-corrected chi connectivity index (χ0v) is 11.6. The molecule has 0 aromatic carbocycles. The van der Waals surface area contributed by atoms with Crippen molar-refractivity contribution >= 4 is 11.6 Å². The number of nitrogens with one attached hydrogen (secondary N) is 1. The maximum atomic E-state index is 5.88. The Morgan fingerprint density at radius 3 is 2.79 bits per heavy atom. The van der Waals surface area contributed by atoms with Crippen LogP contribution in [0.2, 0.25) is 0 Å². The number of rotatable bonds is 5. The highest BCUT2D eigenvalue weighted by Gasteiger charge is 2.07. The molecule has 0 unspecified atom stereocenters. The van der Waals surface area contributed by atoms with Gasteiger partial charge in [-0.1, -0.05) is 6.92 Å². The molecule has 3 N–H and O–H groups in total. The lowest BCUT2D eigenvalue weighted by Gasteiger charge is -2.11.